The van der Waals surface area contributed by atoms with Gasteiger partial charge in [0.15, 0.2) is 0 Å². The molecule has 102 valence electrons. The molecular weight excluding hydrogens is 264 g/mol. The molecule has 0 saturated carbocycles. The number of benzene rings is 1. The lowest BCUT2D eigenvalue weighted by Crippen LogP contribution is -2.26. The number of rotatable bonds is 6. The zero-order valence-electron chi connectivity index (χ0n) is 10.3. The summed E-state index contributed by atoms with van der Waals surface area (Å²) in [7, 11) is -3.46. The summed E-state index contributed by atoms with van der Waals surface area (Å²) in [5.74, 6) is 0. The Morgan fingerprint density at radius 1 is 1.26 bits per heavy atom. The summed E-state index contributed by atoms with van der Waals surface area (Å²) in [5, 5.41) is 0. The predicted octanol–water partition coefficient (Wildman–Crippen LogP) is 0.389. The van der Waals surface area contributed by atoms with Crippen LogP contribution in [-0.4, -0.2) is 24.9 Å². The third-order valence-electron chi connectivity index (χ3n) is 2.71. The average Bonchev–Trinajstić information content (AvgIpc) is 2.92. The van der Waals surface area contributed by atoms with E-state index in [0.717, 1.165) is 11.3 Å². The van der Waals surface area contributed by atoms with Gasteiger partial charge in [0.2, 0.25) is 10.0 Å². The number of hydrogen-bond acceptors (Lipinski definition) is 4. The molecule has 4 N–H and O–H groups in total. The lowest BCUT2D eigenvalue weighted by atomic mass is 10.2. The maximum atomic E-state index is 12.0. The van der Waals surface area contributed by atoms with Crippen LogP contribution in [0, 0.1) is 0 Å². The highest BCUT2D eigenvalue weighted by Gasteiger charge is 2.12. The molecule has 0 radical (unpaired) electrons. The second-order valence-corrected chi connectivity index (χ2v) is 5.84. The lowest BCUT2D eigenvalue weighted by molar-refractivity contribution is 0.581. The van der Waals surface area contributed by atoms with Crippen LogP contribution in [0.3, 0.4) is 0 Å². The molecule has 6 nitrogen and oxygen atoms in total. The highest BCUT2D eigenvalue weighted by molar-refractivity contribution is 7.89. The molecule has 0 fully saturated rings. The Morgan fingerprint density at radius 2 is 2.00 bits per heavy atom. The summed E-state index contributed by atoms with van der Waals surface area (Å²) in [6.07, 6.45) is 3.81. The minimum absolute atomic E-state index is 0.245. The number of sulfonamides is 1. The van der Waals surface area contributed by atoms with Gasteiger partial charge in [-0.2, -0.15) is 0 Å². The number of nitrogens with zero attached hydrogens (tertiary/aromatic N) is 1. The fourth-order valence-electron chi connectivity index (χ4n) is 1.63. The zero-order chi connectivity index (χ0) is 13.7. The molecule has 2 rings (SSSR count). The van der Waals surface area contributed by atoms with Gasteiger partial charge in [-0.3, -0.25) is 0 Å². The van der Waals surface area contributed by atoms with Gasteiger partial charge in [-0.15, -0.1) is 0 Å². The van der Waals surface area contributed by atoms with Crippen LogP contribution in [0.4, 0.5) is 0 Å². The molecule has 2 aromatic rings. The number of aromatic nitrogens is 2. The number of imidazole rings is 1. The van der Waals surface area contributed by atoms with Crippen LogP contribution in [0.1, 0.15) is 11.3 Å². The first kappa shape index (κ1) is 13.7. The van der Waals surface area contributed by atoms with Crippen molar-refractivity contribution in [2.75, 3.05) is 6.54 Å². The maximum absolute atomic E-state index is 12.0. The summed E-state index contributed by atoms with van der Waals surface area (Å²) >= 11 is 0. The molecule has 19 heavy (non-hydrogen) atoms. The van der Waals surface area contributed by atoms with Crippen LogP contribution in [0.25, 0.3) is 0 Å². The normalized spacial score (nSPS) is 11.6. The standard InChI is InChI=1S/C12H16N4O2S/c13-7-10-1-3-12(4-2-10)19(17,18)16-6-5-11-8-14-9-15-11/h1-4,8-9,16H,5-7,13H2,(H,14,15). The molecule has 0 unspecified atom stereocenters. The van der Waals surface area contributed by atoms with Gasteiger partial charge in [0.05, 0.1) is 11.2 Å². The van der Waals surface area contributed by atoms with Gasteiger partial charge in [-0.1, -0.05) is 12.1 Å². The quantitative estimate of drug-likeness (QED) is 0.712. The molecule has 0 aliphatic rings. The number of H-pyrrole nitrogens is 1. The van der Waals surface area contributed by atoms with E-state index in [1.54, 1.807) is 36.8 Å². The largest absolute Gasteiger partial charge is 0.348 e. The van der Waals surface area contributed by atoms with E-state index in [-0.39, 0.29) is 4.90 Å². The Morgan fingerprint density at radius 3 is 2.58 bits per heavy atom. The number of aromatic amines is 1. The van der Waals surface area contributed by atoms with Gasteiger partial charge in [-0.25, -0.2) is 18.1 Å². The van der Waals surface area contributed by atoms with Crippen molar-refractivity contribution < 1.29 is 8.42 Å². The van der Waals surface area contributed by atoms with Crippen LogP contribution < -0.4 is 10.5 Å². The van der Waals surface area contributed by atoms with Crippen molar-refractivity contribution in [3.63, 3.8) is 0 Å². The molecule has 7 heteroatoms. The fraction of sp³-hybridized carbons (Fsp3) is 0.250. The van der Waals surface area contributed by atoms with Gasteiger partial charge < -0.3 is 10.7 Å². The maximum Gasteiger partial charge on any atom is 0.240 e. The van der Waals surface area contributed by atoms with Gasteiger partial charge in [0.25, 0.3) is 0 Å². The van der Waals surface area contributed by atoms with E-state index in [1.165, 1.54) is 0 Å². The van der Waals surface area contributed by atoms with Crippen LogP contribution in [-0.2, 0) is 23.0 Å². The molecule has 0 saturated heterocycles. The van der Waals surface area contributed by atoms with Gasteiger partial charge >= 0.3 is 0 Å². The summed E-state index contributed by atoms with van der Waals surface area (Å²) in [6, 6.07) is 6.54. The summed E-state index contributed by atoms with van der Waals surface area (Å²) in [5.41, 5.74) is 7.26. The monoisotopic (exact) mass is 280 g/mol. The second kappa shape index (κ2) is 5.96. The third kappa shape index (κ3) is 3.63. The van der Waals surface area contributed by atoms with Gasteiger partial charge in [-0.05, 0) is 17.7 Å². The fourth-order valence-corrected chi connectivity index (χ4v) is 2.66. The molecule has 0 amide bonds. The summed E-state index contributed by atoms with van der Waals surface area (Å²) in [4.78, 5) is 7.03. The highest BCUT2D eigenvalue weighted by Crippen LogP contribution is 2.10. The third-order valence-corrected chi connectivity index (χ3v) is 4.19. The highest BCUT2D eigenvalue weighted by atomic mass is 32.2. The number of nitrogens with one attached hydrogen (secondary N) is 2. The topological polar surface area (TPSA) is 101 Å². The molecule has 0 atom stereocenters. The van der Waals surface area contributed by atoms with E-state index < -0.39 is 10.0 Å². The molecule has 1 aromatic heterocycles. The summed E-state index contributed by atoms with van der Waals surface area (Å²) < 4.78 is 26.5. The van der Waals surface area contributed by atoms with Crippen molar-refractivity contribution in [3.05, 3.63) is 48.0 Å². The predicted molar refractivity (Wildman–Crippen MR) is 71.8 cm³/mol. The first-order valence-corrected chi connectivity index (χ1v) is 7.36. The van der Waals surface area contributed by atoms with Crippen LogP contribution >= 0.6 is 0 Å². The Kier molecular flexibility index (Phi) is 4.31. The molecule has 0 spiro atoms. The van der Waals surface area contributed by atoms with E-state index in [9.17, 15) is 8.42 Å². The molecule has 0 bridgehead atoms. The SMILES string of the molecule is NCc1ccc(S(=O)(=O)NCCc2cnc[nH]2)cc1. The average molecular weight is 280 g/mol. The molecular formula is C12H16N4O2S. The van der Waals surface area contributed by atoms with Crippen molar-refractivity contribution >= 4 is 10.0 Å². The van der Waals surface area contributed by atoms with E-state index in [2.05, 4.69) is 14.7 Å². The first-order valence-electron chi connectivity index (χ1n) is 5.88. The Bertz CT molecular complexity index is 606. The Labute approximate surface area is 112 Å². The lowest BCUT2D eigenvalue weighted by Gasteiger charge is -2.06. The van der Waals surface area contributed by atoms with Crippen molar-refractivity contribution in [2.24, 2.45) is 5.73 Å². The van der Waals surface area contributed by atoms with E-state index >= 15 is 0 Å². The Hall–Kier alpha value is -1.70. The van der Waals surface area contributed by atoms with Crippen LogP contribution in [0.2, 0.25) is 0 Å². The summed E-state index contributed by atoms with van der Waals surface area (Å²) in [6.45, 7) is 0.719. The van der Waals surface area contributed by atoms with Crippen LogP contribution in [0.15, 0.2) is 41.7 Å². The van der Waals surface area contributed by atoms with Gasteiger partial charge in [0.1, 0.15) is 0 Å². The van der Waals surface area contributed by atoms with E-state index in [0.29, 0.717) is 19.5 Å². The number of nitrogens with two attached hydrogens (primary N) is 1. The molecule has 1 aromatic carbocycles. The van der Waals surface area contributed by atoms with E-state index in [4.69, 9.17) is 5.73 Å². The van der Waals surface area contributed by atoms with Crippen molar-refractivity contribution in [3.8, 4) is 0 Å². The van der Waals surface area contributed by atoms with Crippen LogP contribution in [0.5, 0.6) is 0 Å². The minimum Gasteiger partial charge on any atom is -0.348 e. The zero-order valence-corrected chi connectivity index (χ0v) is 11.2. The van der Waals surface area contributed by atoms with Gasteiger partial charge in [0, 0.05) is 31.4 Å². The van der Waals surface area contributed by atoms with Crippen molar-refractivity contribution in [1.82, 2.24) is 14.7 Å². The van der Waals surface area contributed by atoms with E-state index in [1.807, 2.05) is 0 Å². The van der Waals surface area contributed by atoms with Crippen molar-refractivity contribution in [1.29, 1.82) is 0 Å². The smallest absolute Gasteiger partial charge is 0.240 e. The Balaban J connectivity index is 1.97. The number of hydrogen-bond donors (Lipinski definition) is 3. The van der Waals surface area contributed by atoms with Crippen molar-refractivity contribution in [2.45, 2.75) is 17.9 Å². The first-order chi connectivity index (χ1) is 9.12. The molecule has 0 aliphatic heterocycles. The molecule has 0 aliphatic carbocycles. The molecule has 1 heterocycles. The second-order valence-electron chi connectivity index (χ2n) is 4.07. The minimum atomic E-state index is -3.46.